The second-order valence-electron chi connectivity index (χ2n) is 6.42. The highest BCUT2D eigenvalue weighted by Crippen LogP contribution is 2.37. The highest BCUT2D eigenvalue weighted by molar-refractivity contribution is 5.86. The van der Waals surface area contributed by atoms with Gasteiger partial charge in [0, 0.05) is 13.1 Å². The van der Waals surface area contributed by atoms with Crippen molar-refractivity contribution in [3.05, 3.63) is 35.6 Å². The molecule has 0 heterocycles. The molecule has 118 valence electrons. The lowest BCUT2D eigenvalue weighted by Gasteiger charge is -2.36. The molecule has 0 aliphatic heterocycles. The van der Waals surface area contributed by atoms with Crippen LogP contribution in [0.3, 0.4) is 0 Å². The molecular weight excluding hydrogens is 285 g/mol. The van der Waals surface area contributed by atoms with Crippen LogP contribution in [-0.4, -0.2) is 28.4 Å². The maximum Gasteiger partial charge on any atom is 0.307 e. The van der Waals surface area contributed by atoms with Crippen molar-refractivity contribution in [2.45, 2.75) is 32.2 Å². The van der Waals surface area contributed by atoms with Gasteiger partial charge >= 0.3 is 5.97 Å². The number of hydrogen-bond acceptors (Lipinski definition) is 2. The zero-order valence-corrected chi connectivity index (χ0v) is 12.4. The number of hydrogen-bond donors (Lipinski definition) is 1. The van der Waals surface area contributed by atoms with Crippen LogP contribution in [0.5, 0.6) is 0 Å². The van der Waals surface area contributed by atoms with E-state index >= 15 is 0 Å². The molecule has 1 aromatic carbocycles. The summed E-state index contributed by atoms with van der Waals surface area (Å²) in [5, 5.41) is 9.14. The van der Waals surface area contributed by atoms with Gasteiger partial charge in [0.1, 0.15) is 5.82 Å². The first-order valence-electron chi connectivity index (χ1n) is 7.80. The van der Waals surface area contributed by atoms with Crippen LogP contribution < -0.4 is 0 Å². The summed E-state index contributed by atoms with van der Waals surface area (Å²) < 4.78 is 13.0. The molecule has 1 N–H and O–H groups in total. The average molecular weight is 305 g/mol. The summed E-state index contributed by atoms with van der Waals surface area (Å²) in [6.07, 6.45) is 3.49. The first-order valence-corrected chi connectivity index (χ1v) is 7.80. The Morgan fingerprint density at radius 2 is 1.73 bits per heavy atom. The van der Waals surface area contributed by atoms with Crippen molar-refractivity contribution in [1.82, 2.24) is 4.90 Å². The molecule has 4 nitrogen and oxygen atoms in total. The fourth-order valence-corrected chi connectivity index (χ4v) is 2.98. The monoisotopic (exact) mass is 305 g/mol. The standard InChI is InChI=1S/C17H20FNO3/c18-13-5-3-12(4-6-13)10-19(9-11-1-2-11)16(20)14-7-8-15(14)17(21)22/h3-6,11,14-15H,1-2,7-10H2,(H,21,22). The van der Waals surface area contributed by atoms with Crippen molar-refractivity contribution in [2.75, 3.05) is 6.54 Å². The van der Waals surface area contributed by atoms with E-state index < -0.39 is 17.8 Å². The first-order chi connectivity index (χ1) is 10.5. The Morgan fingerprint density at radius 1 is 1.09 bits per heavy atom. The minimum Gasteiger partial charge on any atom is -0.481 e. The third-order valence-corrected chi connectivity index (χ3v) is 4.68. The van der Waals surface area contributed by atoms with Crippen molar-refractivity contribution < 1.29 is 19.1 Å². The summed E-state index contributed by atoms with van der Waals surface area (Å²) in [7, 11) is 0. The van der Waals surface area contributed by atoms with E-state index in [1.54, 1.807) is 17.0 Å². The fourth-order valence-electron chi connectivity index (χ4n) is 2.98. The number of nitrogens with zero attached hydrogens (tertiary/aromatic N) is 1. The van der Waals surface area contributed by atoms with Gasteiger partial charge < -0.3 is 10.0 Å². The molecule has 1 amide bonds. The molecule has 2 aliphatic rings. The molecule has 2 atom stereocenters. The summed E-state index contributed by atoms with van der Waals surface area (Å²) in [6, 6.07) is 6.13. The van der Waals surface area contributed by atoms with Gasteiger partial charge in [0.15, 0.2) is 0 Å². The Balaban J connectivity index is 1.70. The van der Waals surface area contributed by atoms with Crippen LogP contribution in [0.4, 0.5) is 4.39 Å². The lowest BCUT2D eigenvalue weighted by Crippen LogP contribution is -2.46. The van der Waals surface area contributed by atoms with Crippen molar-refractivity contribution in [1.29, 1.82) is 0 Å². The molecule has 0 spiro atoms. The lowest BCUT2D eigenvalue weighted by atomic mass is 9.73. The predicted molar refractivity (Wildman–Crippen MR) is 78.4 cm³/mol. The molecule has 3 rings (SSSR count). The highest BCUT2D eigenvalue weighted by Gasteiger charge is 2.43. The SMILES string of the molecule is O=C(O)C1CCC1C(=O)N(Cc1ccc(F)cc1)CC1CC1. The summed E-state index contributed by atoms with van der Waals surface area (Å²) in [6.45, 7) is 1.11. The predicted octanol–water partition coefficient (Wildman–Crippen LogP) is 2.68. The largest absolute Gasteiger partial charge is 0.481 e. The van der Waals surface area contributed by atoms with Gasteiger partial charge in [-0.2, -0.15) is 0 Å². The summed E-state index contributed by atoms with van der Waals surface area (Å²) in [4.78, 5) is 25.6. The molecule has 2 saturated carbocycles. The minimum atomic E-state index is -0.877. The van der Waals surface area contributed by atoms with Crippen LogP contribution in [0.25, 0.3) is 0 Å². The van der Waals surface area contributed by atoms with E-state index in [0.29, 0.717) is 31.8 Å². The summed E-state index contributed by atoms with van der Waals surface area (Å²) in [5.74, 6) is -1.63. The Morgan fingerprint density at radius 3 is 2.23 bits per heavy atom. The van der Waals surface area contributed by atoms with E-state index in [-0.39, 0.29) is 11.7 Å². The van der Waals surface area contributed by atoms with Gasteiger partial charge in [-0.3, -0.25) is 9.59 Å². The van der Waals surface area contributed by atoms with E-state index in [9.17, 15) is 14.0 Å². The normalized spacial score (nSPS) is 23.7. The molecule has 5 heteroatoms. The third kappa shape index (κ3) is 3.29. The van der Waals surface area contributed by atoms with Gasteiger partial charge in [-0.15, -0.1) is 0 Å². The second-order valence-corrected chi connectivity index (χ2v) is 6.42. The Hall–Kier alpha value is -1.91. The summed E-state index contributed by atoms with van der Waals surface area (Å²) in [5.41, 5.74) is 0.876. The first kappa shape index (κ1) is 15.0. The topological polar surface area (TPSA) is 57.6 Å². The van der Waals surface area contributed by atoms with E-state index in [4.69, 9.17) is 5.11 Å². The van der Waals surface area contributed by atoms with Crippen LogP contribution in [0.2, 0.25) is 0 Å². The number of amides is 1. The smallest absolute Gasteiger partial charge is 0.307 e. The quantitative estimate of drug-likeness (QED) is 0.879. The van der Waals surface area contributed by atoms with Crippen LogP contribution in [-0.2, 0) is 16.1 Å². The van der Waals surface area contributed by atoms with Gasteiger partial charge in [0.2, 0.25) is 5.91 Å². The van der Waals surface area contributed by atoms with E-state index in [0.717, 1.165) is 18.4 Å². The van der Waals surface area contributed by atoms with Gasteiger partial charge in [-0.05, 0) is 49.3 Å². The average Bonchev–Trinajstić information content (AvgIpc) is 3.22. The zero-order chi connectivity index (χ0) is 15.7. The molecule has 0 aromatic heterocycles. The van der Waals surface area contributed by atoms with E-state index in [1.165, 1.54) is 12.1 Å². The van der Waals surface area contributed by atoms with Gasteiger partial charge in [0.25, 0.3) is 0 Å². The number of carboxylic acids is 1. The van der Waals surface area contributed by atoms with E-state index in [1.807, 2.05) is 0 Å². The van der Waals surface area contributed by atoms with Crippen LogP contribution in [0, 0.1) is 23.6 Å². The van der Waals surface area contributed by atoms with Crippen molar-refractivity contribution >= 4 is 11.9 Å². The van der Waals surface area contributed by atoms with Crippen LogP contribution >= 0.6 is 0 Å². The van der Waals surface area contributed by atoms with Crippen LogP contribution in [0.15, 0.2) is 24.3 Å². The molecule has 1 aromatic rings. The van der Waals surface area contributed by atoms with Crippen molar-refractivity contribution in [2.24, 2.45) is 17.8 Å². The molecule has 2 aliphatic carbocycles. The molecule has 0 radical (unpaired) electrons. The van der Waals surface area contributed by atoms with Crippen LogP contribution in [0.1, 0.15) is 31.2 Å². The number of rotatable bonds is 6. The zero-order valence-electron chi connectivity index (χ0n) is 12.4. The Bertz CT molecular complexity index is 568. The number of halogens is 1. The second kappa shape index (κ2) is 6.07. The molecule has 2 unspecified atom stereocenters. The van der Waals surface area contributed by atoms with Gasteiger partial charge in [0.05, 0.1) is 11.8 Å². The number of aliphatic carboxylic acids is 1. The number of carboxylic acid groups (broad SMARTS) is 1. The molecule has 0 bridgehead atoms. The maximum atomic E-state index is 13.0. The lowest BCUT2D eigenvalue weighted by molar-refractivity contribution is -0.157. The number of carbonyl (C=O) groups excluding carboxylic acids is 1. The number of benzene rings is 1. The van der Waals surface area contributed by atoms with Crippen molar-refractivity contribution in [3.63, 3.8) is 0 Å². The highest BCUT2D eigenvalue weighted by atomic mass is 19.1. The summed E-state index contributed by atoms with van der Waals surface area (Å²) >= 11 is 0. The maximum absolute atomic E-state index is 13.0. The molecule has 22 heavy (non-hydrogen) atoms. The van der Waals surface area contributed by atoms with E-state index in [2.05, 4.69) is 0 Å². The molecular formula is C17H20FNO3. The van der Waals surface area contributed by atoms with Gasteiger partial charge in [-0.1, -0.05) is 12.1 Å². The number of carbonyl (C=O) groups is 2. The molecule has 0 saturated heterocycles. The Kier molecular flexibility index (Phi) is 4.14. The van der Waals surface area contributed by atoms with Gasteiger partial charge in [-0.25, -0.2) is 4.39 Å². The minimum absolute atomic E-state index is 0.0603. The molecule has 2 fully saturated rings. The van der Waals surface area contributed by atoms with Crippen molar-refractivity contribution in [3.8, 4) is 0 Å². The fraction of sp³-hybridized carbons (Fsp3) is 0.529. The third-order valence-electron chi connectivity index (χ3n) is 4.68. The Labute approximate surface area is 128 Å².